The summed E-state index contributed by atoms with van der Waals surface area (Å²) in [5, 5.41) is 28.2. The molecule has 5 aromatic rings. The molecule has 2 amide bonds. The van der Waals surface area contributed by atoms with E-state index in [1.807, 2.05) is 54.6 Å². The molecular weight excluding hydrogens is 452 g/mol. The SMILES string of the molecule is CNC(=O)c1ccc2c(N=Nc3ccccc3)c(O)c(C(=O)Nc3cccc4ccccc34)cc2c1. The number of rotatable bonds is 5. The standard InChI is InChI=1S/C29H22N4O3/c1-30-28(35)19-14-15-23-20(16-19)17-24(27(34)26(23)33-32-21-10-3-2-4-11-21)29(36)31-25-13-7-9-18-8-5-6-12-22(18)25/h2-17,34H,1H3,(H,30,35)(H,31,36). The monoisotopic (exact) mass is 474 g/mol. The molecule has 5 aromatic carbocycles. The Labute approximate surface area is 207 Å². The normalized spacial score (nSPS) is 11.1. The zero-order valence-electron chi connectivity index (χ0n) is 19.4. The second kappa shape index (κ2) is 9.68. The quantitative estimate of drug-likeness (QED) is 0.246. The lowest BCUT2D eigenvalue weighted by atomic mass is 10.00. The van der Waals surface area contributed by atoms with Crippen LogP contribution in [0.1, 0.15) is 20.7 Å². The smallest absolute Gasteiger partial charge is 0.259 e. The van der Waals surface area contributed by atoms with Crippen molar-refractivity contribution in [3.05, 3.63) is 108 Å². The van der Waals surface area contributed by atoms with Gasteiger partial charge < -0.3 is 15.7 Å². The van der Waals surface area contributed by atoms with Crippen LogP contribution in [0.3, 0.4) is 0 Å². The summed E-state index contributed by atoms with van der Waals surface area (Å²) >= 11 is 0. The Bertz CT molecular complexity index is 1640. The minimum absolute atomic E-state index is 0.0199. The zero-order valence-corrected chi connectivity index (χ0v) is 19.4. The van der Waals surface area contributed by atoms with Gasteiger partial charge in [-0.05, 0) is 47.2 Å². The number of phenolic OH excluding ortho intramolecular Hbond substituents is 1. The number of hydrogen-bond acceptors (Lipinski definition) is 5. The van der Waals surface area contributed by atoms with Crippen LogP contribution in [0.2, 0.25) is 0 Å². The summed E-state index contributed by atoms with van der Waals surface area (Å²) in [5.41, 5.74) is 1.79. The number of amides is 2. The number of benzene rings is 5. The van der Waals surface area contributed by atoms with Crippen molar-refractivity contribution < 1.29 is 14.7 Å². The molecule has 7 nitrogen and oxygen atoms in total. The van der Waals surface area contributed by atoms with E-state index in [-0.39, 0.29) is 22.9 Å². The van der Waals surface area contributed by atoms with E-state index < -0.39 is 5.91 Å². The first-order valence-electron chi connectivity index (χ1n) is 11.3. The van der Waals surface area contributed by atoms with Gasteiger partial charge in [0.2, 0.25) is 0 Å². The second-order valence-corrected chi connectivity index (χ2v) is 8.15. The number of carbonyl (C=O) groups excluding carboxylic acids is 2. The van der Waals surface area contributed by atoms with Crippen LogP contribution >= 0.6 is 0 Å². The molecule has 176 valence electrons. The molecule has 0 aliphatic heterocycles. The van der Waals surface area contributed by atoms with Crippen molar-refractivity contribution in [1.82, 2.24) is 5.32 Å². The van der Waals surface area contributed by atoms with Crippen molar-refractivity contribution in [2.45, 2.75) is 0 Å². The Morgan fingerprint density at radius 3 is 2.28 bits per heavy atom. The highest BCUT2D eigenvalue weighted by atomic mass is 16.3. The molecule has 0 spiro atoms. The van der Waals surface area contributed by atoms with E-state index in [1.54, 1.807) is 49.5 Å². The highest BCUT2D eigenvalue weighted by Gasteiger charge is 2.20. The largest absolute Gasteiger partial charge is 0.505 e. The first kappa shape index (κ1) is 22.7. The van der Waals surface area contributed by atoms with E-state index in [4.69, 9.17) is 0 Å². The molecule has 5 rings (SSSR count). The van der Waals surface area contributed by atoms with Crippen LogP contribution < -0.4 is 10.6 Å². The Hall–Kier alpha value is -5.04. The highest BCUT2D eigenvalue weighted by molar-refractivity contribution is 6.14. The maximum Gasteiger partial charge on any atom is 0.259 e. The van der Waals surface area contributed by atoms with Crippen molar-refractivity contribution >= 4 is 50.4 Å². The number of phenols is 1. The van der Waals surface area contributed by atoms with Crippen LogP contribution in [0.5, 0.6) is 5.75 Å². The Balaban J connectivity index is 1.63. The first-order chi connectivity index (χ1) is 17.5. The predicted octanol–water partition coefficient (Wildman–Crippen LogP) is 6.73. The van der Waals surface area contributed by atoms with Crippen molar-refractivity contribution in [2.75, 3.05) is 12.4 Å². The third-order valence-corrected chi connectivity index (χ3v) is 5.88. The summed E-state index contributed by atoms with van der Waals surface area (Å²) in [6.07, 6.45) is 0. The molecule has 3 N–H and O–H groups in total. The van der Waals surface area contributed by atoms with Crippen LogP contribution in [0.15, 0.2) is 107 Å². The van der Waals surface area contributed by atoms with E-state index in [2.05, 4.69) is 20.9 Å². The molecule has 0 saturated carbocycles. The second-order valence-electron chi connectivity index (χ2n) is 8.15. The Kier molecular flexibility index (Phi) is 6.11. The number of nitrogens with one attached hydrogen (secondary N) is 2. The predicted molar refractivity (Wildman–Crippen MR) is 142 cm³/mol. The fourth-order valence-corrected chi connectivity index (χ4v) is 4.06. The van der Waals surface area contributed by atoms with Crippen molar-refractivity contribution in [1.29, 1.82) is 0 Å². The number of aromatic hydroxyl groups is 1. The number of azo groups is 1. The van der Waals surface area contributed by atoms with Gasteiger partial charge in [-0.3, -0.25) is 9.59 Å². The lowest BCUT2D eigenvalue weighted by Gasteiger charge is -2.13. The Morgan fingerprint density at radius 1 is 0.722 bits per heavy atom. The molecule has 0 aliphatic rings. The van der Waals surface area contributed by atoms with Crippen LogP contribution in [-0.4, -0.2) is 24.0 Å². The van der Waals surface area contributed by atoms with E-state index in [1.165, 1.54) is 0 Å². The van der Waals surface area contributed by atoms with Crippen molar-refractivity contribution in [3.8, 4) is 5.75 Å². The Morgan fingerprint density at radius 2 is 1.47 bits per heavy atom. The van der Waals surface area contributed by atoms with E-state index in [0.29, 0.717) is 27.7 Å². The van der Waals surface area contributed by atoms with Gasteiger partial charge in [-0.25, -0.2) is 0 Å². The van der Waals surface area contributed by atoms with E-state index >= 15 is 0 Å². The number of nitrogens with zero attached hydrogens (tertiary/aromatic N) is 2. The minimum Gasteiger partial charge on any atom is -0.505 e. The van der Waals surface area contributed by atoms with Gasteiger partial charge in [-0.1, -0.05) is 60.7 Å². The molecule has 0 unspecified atom stereocenters. The van der Waals surface area contributed by atoms with Gasteiger partial charge in [0.15, 0.2) is 5.75 Å². The average Bonchev–Trinajstić information content (AvgIpc) is 2.92. The van der Waals surface area contributed by atoms with Gasteiger partial charge in [-0.15, -0.1) is 5.11 Å². The molecule has 0 radical (unpaired) electrons. The molecular formula is C29H22N4O3. The third-order valence-electron chi connectivity index (χ3n) is 5.88. The van der Waals surface area contributed by atoms with Crippen LogP contribution in [0, 0.1) is 0 Å². The zero-order chi connectivity index (χ0) is 25.1. The average molecular weight is 475 g/mol. The minimum atomic E-state index is -0.507. The summed E-state index contributed by atoms with van der Waals surface area (Å²) in [4.78, 5) is 25.6. The van der Waals surface area contributed by atoms with Gasteiger partial charge in [0.1, 0.15) is 5.69 Å². The van der Waals surface area contributed by atoms with Gasteiger partial charge in [0.25, 0.3) is 11.8 Å². The molecule has 7 heteroatoms. The summed E-state index contributed by atoms with van der Waals surface area (Å²) < 4.78 is 0. The number of hydrogen-bond donors (Lipinski definition) is 3. The van der Waals surface area contributed by atoms with Crippen LogP contribution in [0.4, 0.5) is 17.1 Å². The fraction of sp³-hybridized carbons (Fsp3) is 0.0345. The lowest BCUT2D eigenvalue weighted by molar-refractivity contribution is 0.0962. The topological polar surface area (TPSA) is 103 Å². The fourth-order valence-electron chi connectivity index (χ4n) is 4.06. The number of fused-ring (bicyclic) bond motifs is 2. The van der Waals surface area contributed by atoms with Gasteiger partial charge in [0.05, 0.1) is 11.3 Å². The van der Waals surface area contributed by atoms with Crippen LogP contribution in [-0.2, 0) is 0 Å². The number of anilines is 1. The van der Waals surface area contributed by atoms with Gasteiger partial charge in [-0.2, -0.15) is 5.11 Å². The molecule has 0 fully saturated rings. The third kappa shape index (κ3) is 4.37. The van der Waals surface area contributed by atoms with Crippen molar-refractivity contribution in [3.63, 3.8) is 0 Å². The summed E-state index contributed by atoms with van der Waals surface area (Å²) in [7, 11) is 1.55. The molecule has 0 aliphatic carbocycles. The molecule has 0 bridgehead atoms. The van der Waals surface area contributed by atoms with E-state index in [9.17, 15) is 14.7 Å². The first-order valence-corrected chi connectivity index (χ1v) is 11.3. The maximum atomic E-state index is 13.4. The maximum absolute atomic E-state index is 13.4. The van der Waals surface area contributed by atoms with E-state index in [0.717, 1.165) is 10.8 Å². The summed E-state index contributed by atoms with van der Waals surface area (Å²) in [5.74, 6) is -1.07. The number of carbonyl (C=O) groups is 2. The van der Waals surface area contributed by atoms with Gasteiger partial charge >= 0.3 is 0 Å². The highest BCUT2D eigenvalue weighted by Crippen LogP contribution is 2.40. The molecule has 0 atom stereocenters. The molecule has 36 heavy (non-hydrogen) atoms. The molecule has 0 heterocycles. The molecule has 0 aromatic heterocycles. The summed E-state index contributed by atoms with van der Waals surface area (Å²) in [6, 6.07) is 28.9. The van der Waals surface area contributed by atoms with Crippen molar-refractivity contribution in [2.24, 2.45) is 10.2 Å². The van der Waals surface area contributed by atoms with Crippen LogP contribution in [0.25, 0.3) is 21.5 Å². The lowest BCUT2D eigenvalue weighted by Crippen LogP contribution is -2.17. The summed E-state index contributed by atoms with van der Waals surface area (Å²) in [6.45, 7) is 0. The van der Waals surface area contributed by atoms with Gasteiger partial charge in [0, 0.05) is 29.1 Å². The molecule has 0 saturated heterocycles.